The largest absolute Gasteiger partial charge is 0.381 e. The zero-order chi connectivity index (χ0) is 24.2. The Balaban J connectivity index is 1.88. The number of amides is 3. The zero-order valence-corrected chi connectivity index (χ0v) is 19.6. The number of benzene rings is 1. The third-order valence-electron chi connectivity index (χ3n) is 5.92. The molecule has 1 aromatic carbocycles. The summed E-state index contributed by atoms with van der Waals surface area (Å²) in [6.07, 6.45) is 1.47. The molecule has 33 heavy (non-hydrogen) atoms. The van der Waals surface area contributed by atoms with Crippen molar-refractivity contribution in [2.75, 3.05) is 44.9 Å². The lowest BCUT2D eigenvalue weighted by Crippen LogP contribution is -2.56. The second-order valence-corrected chi connectivity index (χ2v) is 9.60. The lowest BCUT2D eigenvalue weighted by atomic mass is 10.1. The van der Waals surface area contributed by atoms with Gasteiger partial charge in [-0.1, -0.05) is 13.0 Å². The fourth-order valence-electron chi connectivity index (χ4n) is 4.13. The van der Waals surface area contributed by atoms with Crippen LogP contribution in [0, 0.1) is 0 Å². The van der Waals surface area contributed by atoms with Crippen LogP contribution in [0.4, 0.5) is 5.69 Å². The summed E-state index contributed by atoms with van der Waals surface area (Å²) in [7, 11) is -2.73. The summed E-state index contributed by atoms with van der Waals surface area (Å²) in [6, 6.07) is 2.81. The molecule has 2 aliphatic heterocycles. The molecule has 0 spiro atoms. The molecule has 2 heterocycles. The Bertz CT molecular complexity index is 1010. The molecule has 0 aliphatic carbocycles. The molecular weight excluding hydrogens is 452 g/mol. The lowest BCUT2D eigenvalue weighted by molar-refractivity contribution is -0.139. The van der Waals surface area contributed by atoms with E-state index < -0.39 is 27.9 Å². The lowest BCUT2D eigenvalue weighted by Gasteiger charge is -2.33. The number of likely N-dealkylation sites (tertiary alicyclic amines) is 1. The van der Waals surface area contributed by atoms with Gasteiger partial charge in [0.05, 0.1) is 17.6 Å². The van der Waals surface area contributed by atoms with Gasteiger partial charge in [-0.15, -0.1) is 0 Å². The van der Waals surface area contributed by atoms with E-state index in [0.717, 1.165) is 0 Å². The molecule has 2 fully saturated rings. The van der Waals surface area contributed by atoms with Crippen LogP contribution in [0.25, 0.3) is 0 Å². The Kier molecular flexibility index (Phi) is 8.05. The van der Waals surface area contributed by atoms with Crippen LogP contribution in [0.5, 0.6) is 0 Å². The average Bonchev–Trinajstić information content (AvgIpc) is 2.82. The standard InChI is InChI=1S/C21H30N4O7S/c1-3-15-16(25-11-12-32-13-18(25)26)5-4-6-17(15)33(29,30)23-19(20(22)27)21(28)24-9-7-14(31-2)8-10-24/h4-6,14,19,23H,3,7-13H2,1-2H3,(H2,22,27)/t19-/m0/s1. The highest BCUT2D eigenvalue weighted by molar-refractivity contribution is 7.89. The van der Waals surface area contributed by atoms with Crippen molar-refractivity contribution in [2.24, 2.45) is 5.73 Å². The Morgan fingerprint density at radius 2 is 1.97 bits per heavy atom. The molecule has 12 heteroatoms. The van der Waals surface area contributed by atoms with Gasteiger partial charge in [-0.2, -0.15) is 4.72 Å². The molecule has 3 rings (SSSR count). The predicted octanol–water partition coefficient (Wildman–Crippen LogP) is -0.618. The summed E-state index contributed by atoms with van der Waals surface area (Å²) in [6.45, 7) is 2.97. The number of methoxy groups -OCH3 is 1. The number of nitrogens with two attached hydrogens (primary N) is 1. The van der Waals surface area contributed by atoms with Crippen LogP contribution in [0.1, 0.15) is 25.3 Å². The first-order chi connectivity index (χ1) is 15.7. The van der Waals surface area contributed by atoms with Gasteiger partial charge in [0.25, 0.3) is 5.91 Å². The predicted molar refractivity (Wildman–Crippen MR) is 119 cm³/mol. The van der Waals surface area contributed by atoms with Crippen LogP contribution in [0.2, 0.25) is 0 Å². The van der Waals surface area contributed by atoms with Gasteiger partial charge in [0.2, 0.25) is 21.8 Å². The quantitative estimate of drug-likeness (QED) is 0.469. The SMILES string of the molecule is CCc1c(N2CCOCC2=O)cccc1S(=O)(=O)N[C@@H](C(N)=O)C(=O)N1CCC(OC)CC1. The molecule has 3 amide bonds. The smallest absolute Gasteiger partial charge is 0.253 e. The number of carbonyl (C=O) groups is 3. The number of anilines is 1. The number of nitrogens with one attached hydrogen (secondary N) is 1. The molecule has 2 saturated heterocycles. The highest BCUT2D eigenvalue weighted by Gasteiger charge is 2.36. The summed E-state index contributed by atoms with van der Waals surface area (Å²) in [5.74, 6) is -2.06. The van der Waals surface area contributed by atoms with Gasteiger partial charge in [-0.3, -0.25) is 14.4 Å². The van der Waals surface area contributed by atoms with E-state index in [1.165, 1.54) is 21.9 Å². The molecule has 182 valence electrons. The normalized spacial score (nSPS) is 18.9. The third kappa shape index (κ3) is 5.52. The number of hydrogen-bond donors (Lipinski definition) is 2. The molecule has 0 unspecified atom stereocenters. The minimum Gasteiger partial charge on any atom is -0.381 e. The first-order valence-corrected chi connectivity index (χ1v) is 12.3. The van der Waals surface area contributed by atoms with E-state index in [1.807, 2.05) is 0 Å². The number of nitrogens with zero attached hydrogens (tertiary/aromatic N) is 2. The van der Waals surface area contributed by atoms with Gasteiger partial charge in [0.15, 0.2) is 6.04 Å². The topological polar surface area (TPSA) is 148 Å². The average molecular weight is 483 g/mol. The fourth-order valence-corrected chi connectivity index (χ4v) is 5.62. The van der Waals surface area contributed by atoms with E-state index in [2.05, 4.69) is 4.72 Å². The van der Waals surface area contributed by atoms with Crippen molar-refractivity contribution in [3.63, 3.8) is 0 Å². The van der Waals surface area contributed by atoms with Crippen LogP contribution >= 0.6 is 0 Å². The number of hydrogen-bond acceptors (Lipinski definition) is 7. The second-order valence-electron chi connectivity index (χ2n) is 7.92. The molecule has 2 aliphatic rings. The van der Waals surface area contributed by atoms with Crippen LogP contribution in [-0.4, -0.2) is 83.1 Å². The summed E-state index contributed by atoms with van der Waals surface area (Å²) in [5, 5.41) is 0. The second kappa shape index (κ2) is 10.6. The van der Waals surface area contributed by atoms with Crippen molar-refractivity contribution in [3.05, 3.63) is 23.8 Å². The van der Waals surface area contributed by atoms with Crippen molar-refractivity contribution in [1.82, 2.24) is 9.62 Å². The van der Waals surface area contributed by atoms with Crippen LogP contribution < -0.4 is 15.4 Å². The number of rotatable bonds is 8. The number of carbonyl (C=O) groups excluding carboxylic acids is 3. The summed E-state index contributed by atoms with van der Waals surface area (Å²) < 4.78 is 39.2. The van der Waals surface area contributed by atoms with Gasteiger partial charge in [-0.25, -0.2) is 8.42 Å². The molecule has 1 aromatic rings. The maximum atomic E-state index is 13.3. The van der Waals surface area contributed by atoms with Crippen molar-refractivity contribution in [1.29, 1.82) is 0 Å². The van der Waals surface area contributed by atoms with E-state index in [0.29, 0.717) is 56.8 Å². The van der Waals surface area contributed by atoms with Crippen molar-refractivity contribution in [3.8, 4) is 0 Å². The fraction of sp³-hybridized carbons (Fsp3) is 0.571. The van der Waals surface area contributed by atoms with Crippen LogP contribution in [-0.2, 0) is 40.3 Å². The molecular formula is C21H30N4O7S. The van der Waals surface area contributed by atoms with Gasteiger partial charge in [-0.05, 0) is 37.0 Å². The molecule has 0 aromatic heterocycles. The third-order valence-corrected chi connectivity index (χ3v) is 7.43. The van der Waals surface area contributed by atoms with Crippen molar-refractivity contribution in [2.45, 2.75) is 43.2 Å². The number of ether oxygens (including phenoxy) is 2. The Morgan fingerprint density at radius 3 is 2.55 bits per heavy atom. The van der Waals surface area contributed by atoms with Gasteiger partial charge in [0.1, 0.15) is 6.61 Å². The number of sulfonamides is 1. The first-order valence-electron chi connectivity index (χ1n) is 10.8. The van der Waals surface area contributed by atoms with Crippen molar-refractivity contribution < 1.29 is 32.3 Å². The van der Waals surface area contributed by atoms with E-state index in [-0.39, 0.29) is 23.5 Å². The molecule has 3 N–H and O–H groups in total. The van der Waals surface area contributed by atoms with Gasteiger partial charge >= 0.3 is 0 Å². The number of piperidine rings is 1. The highest BCUT2D eigenvalue weighted by atomic mass is 32.2. The van der Waals surface area contributed by atoms with E-state index in [1.54, 1.807) is 20.1 Å². The first kappa shape index (κ1) is 25.1. The Hall–Kier alpha value is -2.54. The van der Waals surface area contributed by atoms with Crippen LogP contribution in [0.3, 0.4) is 0 Å². The minimum absolute atomic E-state index is 0.00974. The molecule has 1 atom stereocenters. The van der Waals surface area contributed by atoms with E-state index in [9.17, 15) is 22.8 Å². The Morgan fingerprint density at radius 1 is 1.27 bits per heavy atom. The summed E-state index contributed by atoms with van der Waals surface area (Å²) >= 11 is 0. The minimum atomic E-state index is -4.32. The molecule has 0 saturated carbocycles. The van der Waals surface area contributed by atoms with Crippen LogP contribution in [0.15, 0.2) is 23.1 Å². The maximum Gasteiger partial charge on any atom is 0.253 e. The maximum absolute atomic E-state index is 13.3. The number of primary amides is 1. The highest BCUT2D eigenvalue weighted by Crippen LogP contribution is 2.29. The van der Waals surface area contributed by atoms with Gasteiger partial charge in [0, 0.05) is 32.4 Å². The summed E-state index contributed by atoms with van der Waals surface area (Å²) in [4.78, 5) is 40.1. The van der Waals surface area contributed by atoms with Crippen molar-refractivity contribution >= 4 is 33.4 Å². The number of morpholine rings is 1. The van der Waals surface area contributed by atoms with Gasteiger partial charge < -0.3 is 25.0 Å². The monoisotopic (exact) mass is 482 g/mol. The molecule has 11 nitrogen and oxygen atoms in total. The summed E-state index contributed by atoms with van der Waals surface area (Å²) in [5.41, 5.74) is 6.27. The van der Waals surface area contributed by atoms with E-state index >= 15 is 0 Å². The van der Waals surface area contributed by atoms with E-state index in [4.69, 9.17) is 15.2 Å². The Labute approximate surface area is 193 Å². The molecule has 0 radical (unpaired) electrons. The zero-order valence-electron chi connectivity index (χ0n) is 18.8. The molecule has 0 bridgehead atoms.